The molecule has 12 rings (SSSR count). The fourth-order valence-corrected chi connectivity index (χ4v) is 20.9. The van der Waals surface area contributed by atoms with Gasteiger partial charge in [0, 0.05) is 33.5 Å². The maximum Gasteiger partial charge on any atom is 0.101 e. The molecule has 86 heavy (non-hydrogen) atoms. The van der Waals surface area contributed by atoms with Gasteiger partial charge in [-0.05, 0) is 121 Å². The molecular formula is C76H74Cl2N2P4Pt2. The first-order valence-electron chi connectivity index (χ1n) is 27.5. The van der Waals surface area contributed by atoms with Crippen molar-refractivity contribution in [2.24, 2.45) is 0 Å². The molecular weight excluding hydrogens is 1530 g/mol. The molecule has 0 radical (unpaired) electrons. The van der Waals surface area contributed by atoms with Crippen LogP contribution in [0.15, 0.2) is 340 Å². The average Bonchev–Trinajstić information content (AvgIpc) is 3.76. The summed E-state index contributed by atoms with van der Waals surface area (Å²) in [6.45, 7) is 0. The van der Waals surface area contributed by atoms with Crippen LogP contribution in [0.5, 0.6) is 0 Å². The SMILES string of the molecule is C.C.[Cl][Pt][Cl].[Pt].[c-]1ccccc1-c1ccccn1.[c-]1ccccc1-c1ccccn1.c1ccc(P(CCP(c2ccccc2)c2ccccc2)c2ccccc2)cc1.c1ccc([PH+](CC[PH+](c2ccccc2)c2ccccc2)c2ccccc2)cc1. The summed E-state index contributed by atoms with van der Waals surface area (Å²) >= 11 is -0.472. The molecule has 2 aromatic heterocycles. The molecule has 2 heterocycles. The van der Waals surface area contributed by atoms with Gasteiger partial charge in [-0.2, -0.15) is 0 Å². The maximum atomic E-state index is 4.88. The Kier molecular flexibility index (Phi) is 34.7. The van der Waals surface area contributed by atoms with Crippen molar-refractivity contribution < 1.29 is 37.5 Å². The molecule has 0 unspecified atom stereocenters. The molecule has 0 aliphatic rings. The molecule has 0 fully saturated rings. The Morgan fingerprint density at radius 1 is 0.314 bits per heavy atom. The van der Waals surface area contributed by atoms with Crippen LogP contribution in [0.4, 0.5) is 0 Å². The molecule has 0 N–H and O–H groups in total. The summed E-state index contributed by atoms with van der Waals surface area (Å²) in [6, 6.07) is 122. The minimum absolute atomic E-state index is 0. The largest absolute Gasteiger partial charge is 0.305 e. The van der Waals surface area contributed by atoms with E-state index >= 15 is 0 Å². The van der Waals surface area contributed by atoms with Crippen LogP contribution in [-0.4, -0.2) is 34.6 Å². The predicted octanol–water partition coefficient (Wildman–Crippen LogP) is 17.7. The smallest absolute Gasteiger partial charge is 0.101 e. The molecule has 0 amide bonds. The summed E-state index contributed by atoms with van der Waals surface area (Å²) in [7, 11) is 7.49. The van der Waals surface area contributed by atoms with E-state index < -0.39 is 32.3 Å². The second kappa shape index (κ2) is 42.1. The number of benzene rings is 10. The van der Waals surface area contributed by atoms with E-state index in [1.807, 2.05) is 84.9 Å². The van der Waals surface area contributed by atoms with Gasteiger partial charge in [-0.3, -0.25) is 0 Å². The molecule has 2 nitrogen and oxygen atoms in total. The molecule has 0 saturated heterocycles. The third-order valence-electron chi connectivity index (χ3n) is 13.2. The van der Waals surface area contributed by atoms with Crippen molar-refractivity contribution in [3.05, 3.63) is 352 Å². The van der Waals surface area contributed by atoms with Gasteiger partial charge in [0.15, 0.2) is 0 Å². The van der Waals surface area contributed by atoms with Gasteiger partial charge in [0.2, 0.25) is 0 Å². The summed E-state index contributed by atoms with van der Waals surface area (Å²) < 4.78 is 0. The molecule has 10 aromatic carbocycles. The zero-order valence-electron chi connectivity index (χ0n) is 46.3. The average molecular weight is 1600 g/mol. The van der Waals surface area contributed by atoms with E-state index in [9.17, 15) is 0 Å². The zero-order valence-corrected chi connectivity index (χ0v) is 56.2. The Bertz CT molecular complexity index is 2910. The maximum absolute atomic E-state index is 4.88. The number of nitrogens with zero attached hydrogens (tertiary/aromatic N) is 2. The quantitative estimate of drug-likeness (QED) is 0.0712. The van der Waals surface area contributed by atoms with Crippen LogP contribution < -0.4 is 42.4 Å². The number of hydrogen-bond acceptors (Lipinski definition) is 2. The van der Waals surface area contributed by atoms with E-state index in [-0.39, 0.29) is 51.8 Å². The topological polar surface area (TPSA) is 25.8 Å². The Balaban J connectivity index is 0.000000217. The summed E-state index contributed by atoms with van der Waals surface area (Å²) in [5, 5.41) is 11.9. The van der Waals surface area contributed by atoms with Crippen LogP contribution in [-0.2, 0) is 37.5 Å². The number of rotatable bonds is 16. The summed E-state index contributed by atoms with van der Waals surface area (Å²) in [6.07, 6.45) is 8.51. The van der Waals surface area contributed by atoms with Gasteiger partial charge in [0.25, 0.3) is 0 Å². The monoisotopic (exact) mass is 1600 g/mol. The fraction of sp³-hybridized carbons (Fsp3) is 0.0789. The Labute approximate surface area is 549 Å². The van der Waals surface area contributed by atoms with Gasteiger partial charge in [-0.15, -0.1) is 71.8 Å². The van der Waals surface area contributed by atoms with E-state index in [0.29, 0.717) is 0 Å². The van der Waals surface area contributed by atoms with Crippen molar-refractivity contribution in [3.63, 3.8) is 0 Å². The van der Waals surface area contributed by atoms with E-state index in [1.165, 1.54) is 67.1 Å². The Hall–Kier alpha value is -5.82. The van der Waals surface area contributed by atoms with Gasteiger partial charge in [-0.1, -0.05) is 233 Å². The second-order valence-electron chi connectivity index (χ2n) is 18.6. The van der Waals surface area contributed by atoms with E-state index in [4.69, 9.17) is 18.8 Å². The molecule has 0 atom stereocenters. The summed E-state index contributed by atoms with van der Waals surface area (Å²) in [5.41, 5.74) is 4.02. The number of halogens is 2. The second-order valence-corrected chi connectivity index (χ2v) is 31.8. The minimum Gasteiger partial charge on any atom is -0.305 e. The molecule has 0 aliphatic carbocycles. The van der Waals surface area contributed by atoms with E-state index in [2.05, 4.69) is 265 Å². The molecule has 12 aromatic rings. The number of pyridine rings is 2. The Morgan fingerprint density at radius 2 is 0.547 bits per heavy atom. The van der Waals surface area contributed by atoms with Crippen LogP contribution in [0.3, 0.4) is 0 Å². The van der Waals surface area contributed by atoms with Crippen molar-refractivity contribution in [2.75, 3.05) is 24.6 Å². The molecule has 0 saturated carbocycles. The molecule has 0 aliphatic heterocycles. The molecule has 0 spiro atoms. The van der Waals surface area contributed by atoms with Gasteiger partial charge in [0.1, 0.15) is 12.3 Å². The predicted molar refractivity (Wildman–Crippen MR) is 381 cm³/mol. The summed E-state index contributed by atoms with van der Waals surface area (Å²) in [4.78, 5) is 8.44. The van der Waals surface area contributed by atoms with Crippen LogP contribution >= 0.6 is 50.5 Å². The first-order valence-corrected chi connectivity index (χ1v) is 39.6. The standard InChI is InChI=1S/2C26H24P2.2C11H8N.2CH4.2ClH.2Pt/c2*1-5-13-23(14-6-1)27(24-15-7-2-8-16-24)21-22-28(25-17-9-3-10-18-25)26-19-11-4-12-20-26;2*1-2-6-10(7-3-1)11-8-4-5-9-12-11;;;;;;/h2*1-20H,21-22H2;2*1-6,8-9H;2*1H4;2*1H;;/q;;2*-1;;;;;;+2. The van der Waals surface area contributed by atoms with Crippen LogP contribution in [0.2, 0.25) is 0 Å². The van der Waals surface area contributed by atoms with Crippen LogP contribution in [0.25, 0.3) is 22.5 Å². The normalized spacial score (nSPS) is 10.2. The third-order valence-corrected chi connectivity index (χ3v) is 24.7. The first kappa shape index (κ1) is 70.9. The summed E-state index contributed by atoms with van der Waals surface area (Å²) in [5.74, 6) is 0. The van der Waals surface area contributed by atoms with E-state index in [0.717, 1.165) is 22.5 Å². The minimum atomic E-state index is -0.783. The first-order chi connectivity index (χ1) is 41.2. The van der Waals surface area contributed by atoms with Crippen molar-refractivity contribution >= 4 is 93.0 Å². The van der Waals surface area contributed by atoms with Crippen molar-refractivity contribution in [3.8, 4) is 22.5 Å². The molecule has 10 heteroatoms. The van der Waals surface area contributed by atoms with Crippen molar-refractivity contribution in [1.29, 1.82) is 0 Å². The van der Waals surface area contributed by atoms with Gasteiger partial charge in [0.05, 0.1) is 37.1 Å². The fourth-order valence-electron chi connectivity index (χ4n) is 9.31. The van der Waals surface area contributed by atoms with Crippen LogP contribution in [0, 0.1) is 12.1 Å². The molecule has 442 valence electrons. The third kappa shape index (κ3) is 23.7. The van der Waals surface area contributed by atoms with Crippen molar-refractivity contribution in [1.82, 2.24) is 9.97 Å². The molecule has 0 bridgehead atoms. The Morgan fingerprint density at radius 3 is 0.767 bits per heavy atom. The van der Waals surface area contributed by atoms with Gasteiger partial charge in [-0.25, -0.2) is 0 Å². The van der Waals surface area contributed by atoms with Crippen molar-refractivity contribution in [2.45, 2.75) is 14.9 Å². The van der Waals surface area contributed by atoms with E-state index in [1.54, 1.807) is 12.4 Å². The van der Waals surface area contributed by atoms with Crippen LogP contribution in [0.1, 0.15) is 14.9 Å². The van der Waals surface area contributed by atoms with Gasteiger partial charge < -0.3 is 9.97 Å². The number of aromatic nitrogens is 2. The number of hydrogen-bond donors (Lipinski definition) is 0. The zero-order chi connectivity index (χ0) is 57.2. The van der Waals surface area contributed by atoms with Gasteiger partial charge >= 0.3 is 35.3 Å².